The monoisotopic (exact) mass is 1080 g/mol. The molecule has 44 heavy (non-hydrogen) atoms. The third-order valence-electron chi connectivity index (χ3n) is 5.13. The fraction of sp³-hybridized carbons (Fsp3) is 0.862. The summed E-state index contributed by atoms with van der Waals surface area (Å²) in [6, 6.07) is 0.285. The first-order valence-corrected chi connectivity index (χ1v) is 25.2. The van der Waals surface area contributed by atoms with Crippen LogP contribution in [0.4, 0.5) is 0 Å². The van der Waals surface area contributed by atoms with Gasteiger partial charge in [0, 0.05) is 13.0 Å². The van der Waals surface area contributed by atoms with Gasteiger partial charge < -0.3 is 50.8 Å². The second-order valence-electron chi connectivity index (χ2n) is 10.4. The molecule has 0 heterocycles. The van der Waals surface area contributed by atoms with E-state index in [1.807, 2.05) is 27.7 Å². The standard InChI is InChI=1S/2C7H13N.C6H12O2.C3H6O2.C3H8O.C2H6O2.CH4.4ClH.2Pt/c2*1-6-4-2-3-5-7(6)8;1-6(2,3)4-5(7)8;1-2-3(4)5;1-2-3-4;3-1-2-4;;;;;;;/h2*6-8H,1-5H2;4H2,1-3H3,(H,7,8);2H2,1H3,(H,4,5);4H,2-3H2,1H3;3-4H,1-2H2;1H4;4*1H;;/q2*-2;;;;;;;;;;2*+4/p-4/t2*6-,7-;;;;;;;;;;;/m11.........../s1. The molecule has 0 amide bonds. The molecule has 2 saturated carbocycles. The zero-order valence-corrected chi connectivity index (χ0v) is 33.9. The van der Waals surface area contributed by atoms with E-state index in [-0.39, 0.29) is 51.0 Å². The van der Waals surface area contributed by atoms with Gasteiger partial charge >= 0.3 is 82.6 Å². The predicted molar refractivity (Wildman–Crippen MR) is 182 cm³/mol. The summed E-state index contributed by atoms with van der Waals surface area (Å²) in [5.41, 5.74) is 14.8. The van der Waals surface area contributed by atoms with Crippen LogP contribution in [-0.4, -0.2) is 69.4 Å². The van der Waals surface area contributed by atoms with Crippen LogP contribution in [-0.2, 0) is 42.6 Å². The van der Waals surface area contributed by atoms with Crippen LogP contribution in [0.25, 0.3) is 11.5 Å². The summed E-state index contributed by atoms with van der Waals surface area (Å²) in [5, 5.41) is 39.1. The van der Waals surface area contributed by atoms with Crippen LogP contribution >= 0.6 is 37.7 Å². The van der Waals surface area contributed by atoms with Crippen molar-refractivity contribution in [3.8, 4) is 0 Å². The van der Waals surface area contributed by atoms with Gasteiger partial charge in [0.15, 0.2) is 0 Å². The molecular weight excluding hydrogens is 1020 g/mol. The normalized spacial score (nSPS) is 19.7. The molecule has 2 fully saturated rings. The first-order chi connectivity index (χ1) is 20.0. The average Bonchev–Trinajstić information content (AvgIpc) is 2.93. The van der Waals surface area contributed by atoms with E-state index in [0.29, 0.717) is 18.4 Å². The molecule has 0 aliphatic heterocycles. The summed E-state index contributed by atoms with van der Waals surface area (Å²) in [5.74, 6) is -0.630. The molecule has 9 nitrogen and oxygen atoms in total. The first-order valence-electron chi connectivity index (χ1n) is 14.0. The van der Waals surface area contributed by atoms with E-state index < -0.39 is 44.9 Å². The number of hydrogen-bond donors (Lipinski definition) is 5. The van der Waals surface area contributed by atoms with Crippen LogP contribution in [0.15, 0.2) is 0 Å². The van der Waals surface area contributed by atoms with E-state index in [1.165, 1.54) is 38.5 Å². The van der Waals surface area contributed by atoms with Gasteiger partial charge in [0.05, 0.1) is 19.6 Å². The molecule has 0 aromatic rings. The summed E-state index contributed by atoms with van der Waals surface area (Å²) in [6.07, 6.45) is 10.9. The summed E-state index contributed by atoms with van der Waals surface area (Å²) in [6.45, 7) is 17.1. The summed E-state index contributed by atoms with van der Waals surface area (Å²) in [4.78, 5) is 19.4. The van der Waals surface area contributed by atoms with Crippen molar-refractivity contribution >= 4 is 49.6 Å². The zero-order valence-electron chi connectivity index (χ0n) is 26.3. The Bertz CT molecular complexity index is 508. The number of carbonyl (C=O) groups is 2. The number of hydrogen-bond acceptors (Lipinski definition) is 5. The maximum atomic E-state index is 10.0. The Balaban J connectivity index is -0.0000000732. The molecule has 0 bridgehead atoms. The molecule has 7 N–H and O–H groups in total. The Kier molecular flexibility index (Phi) is 67.0. The van der Waals surface area contributed by atoms with Gasteiger partial charge in [0.2, 0.25) is 0 Å². The fourth-order valence-electron chi connectivity index (χ4n) is 2.87. The van der Waals surface area contributed by atoms with Crippen molar-refractivity contribution in [1.29, 1.82) is 0 Å². The molecule has 2 aliphatic rings. The number of aliphatic hydroxyl groups excluding tert-OH is 3. The second-order valence-corrected chi connectivity index (χ2v) is 17.0. The van der Waals surface area contributed by atoms with Gasteiger partial charge in [-0.2, -0.15) is 23.9 Å². The minimum atomic E-state index is -0.745. The molecule has 0 unspecified atom stereocenters. The zero-order chi connectivity index (χ0) is 35.3. The van der Waals surface area contributed by atoms with Crippen molar-refractivity contribution in [2.45, 2.75) is 125 Å². The van der Waals surface area contributed by atoms with Gasteiger partial charge in [0.1, 0.15) is 0 Å². The van der Waals surface area contributed by atoms with Crippen molar-refractivity contribution in [3.63, 3.8) is 0 Å². The summed E-state index contributed by atoms with van der Waals surface area (Å²) >= 11 is -0.944. The molecular formula is C29H62Cl4N2O7Pt2. The predicted octanol–water partition coefficient (Wildman–Crippen LogP) is 9.60. The molecule has 0 radical (unpaired) electrons. The summed E-state index contributed by atoms with van der Waals surface area (Å²) < 4.78 is 0. The average molecular weight is 1080 g/mol. The molecule has 4 atom stereocenters. The van der Waals surface area contributed by atoms with Gasteiger partial charge in [-0.25, -0.2) is 0 Å². The number of rotatable bonds is 4. The Morgan fingerprint density at radius 2 is 0.977 bits per heavy atom. The number of nitrogens with one attached hydrogen (secondary N) is 2. The Labute approximate surface area is 302 Å². The van der Waals surface area contributed by atoms with Crippen molar-refractivity contribution in [3.05, 3.63) is 25.3 Å². The Morgan fingerprint density at radius 1 is 0.727 bits per heavy atom. The third kappa shape index (κ3) is 74.2. The maximum absolute atomic E-state index is 10.0. The van der Waals surface area contributed by atoms with Gasteiger partial charge in [-0.1, -0.05) is 93.4 Å². The Hall–Kier alpha value is 1.28. The molecule has 0 spiro atoms. The van der Waals surface area contributed by atoms with Gasteiger partial charge in [0.25, 0.3) is 0 Å². The first kappa shape index (κ1) is 60.6. The van der Waals surface area contributed by atoms with Gasteiger partial charge in [-0.3, -0.25) is 9.59 Å². The van der Waals surface area contributed by atoms with Crippen molar-refractivity contribution < 1.29 is 68.1 Å². The van der Waals surface area contributed by atoms with Crippen LogP contribution in [0.3, 0.4) is 0 Å². The summed E-state index contributed by atoms with van der Waals surface area (Å²) in [7, 11) is 19.5. The number of carboxylic acid groups (broad SMARTS) is 2. The van der Waals surface area contributed by atoms with E-state index in [4.69, 9.17) is 74.7 Å². The van der Waals surface area contributed by atoms with Crippen LogP contribution in [0, 0.1) is 31.1 Å². The van der Waals surface area contributed by atoms with Crippen LogP contribution < -0.4 is 0 Å². The molecule has 0 saturated heterocycles. The van der Waals surface area contributed by atoms with E-state index in [0.717, 1.165) is 19.3 Å². The van der Waals surface area contributed by atoms with E-state index in [9.17, 15) is 9.59 Å². The van der Waals surface area contributed by atoms with Crippen molar-refractivity contribution in [2.24, 2.45) is 17.3 Å². The number of carboxylic acids is 2. The van der Waals surface area contributed by atoms with E-state index in [1.54, 1.807) is 6.92 Å². The van der Waals surface area contributed by atoms with Crippen molar-refractivity contribution in [2.75, 3.05) is 19.8 Å². The van der Waals surface area contributed by atoms with Gasteiger partial charge in [-0.05, 0) is 11.8 Å². The third-order valence-corrected chi connectivity index (χ3v) is 5.13. The van der Waals surface area contributed by atoms with Crippen molar-refractivity contribution in [1.82, 2.24) is 0 Å². The van der Waals surface area contributed by atoms with E-state index in [2.05, 4.69) is 13.8 Å². The van der Waals surface area contributed by atoms with Crippen LogP contribution in [0.2, 0.25) is 0 Å². The number of halogens is 4. The SMILES string of the molecule is C.CC(C)(C)CC(=O)O.CCC(=O)O.CCCO.OCCO.[CH2-][C@@H]1CCCC[C@H]1[NH-].[CH2-][C@@H]1CCCC[C@H]1[NH-].[Cl][Pt+2][Cl].[Cl][Pt+2][Cl]. The van der Waals surface area contributed by atoms with E-state index >= 15 is 0 Å². The van der Waals surface area contributed by atoms with Crippen LogP contribution in [0.1, 0.15) is 113 Å². The number of aliphatic carboxylic acids is 2. The Morgan fingerprint density at radius 3 is 1.05 bits per heavy atom. The van der Waals surface area contributed by atoms with Crippen LogP contribution in [0.5, 0.6) is 0 Å². The minimum absolute atomic E-state index is 0. The topological polar surface area (TPSA) is 183 Å². The quantitative estimate of drug-likeness (QED) is 0.174. The molecule has 2 aliphatic carbocycles. The second kappa shape index (κ2) is 48.7. The molecule has 0 aromatic heterocycles. The molecule has 2 rings (SSSR count). The number of aliphatic hydroxyl groups is 3. The molecule has 0 aromatic carbocycles. The van der Waals surface area contributed by atoms with Gasteiger partial charge in [-0.15, -0.1) is 0 Å². The fourth-order valence-corrected chi connectivity index (χ4v) is 2.87. The molecule has 278 valence electrons. The molecule has 15 heteroatoms.